The predicted octanol–water partition coefficient (Wildman–Crippen LogP) is 4.47. The van der Waals surface area contributed by atoms with Crippen LogP contribution in [0.25, 0.3) is 0 Å². The summed E-state index contributed by atoms with van der Waals surface area (Å²) < 4.78 is 5.01. The monoisotopic (exact) mass is 274 g/mol. The molecule has 0 fully saturated rings. The molecule has 0 amide bonds. The largest absolute Gasteiger partial charge is 0.441 e. The molecule has 0 N–H and O–H groups in total. The van der Waals surface area contributed by atoms with E-state index in [0.29, 0.717) is 15.6 Å². The third kappa shape index (κ3) is 2.24. The Morgan fingerprint density at radius 1 is 1.06 bits per heavy atom. The topological polar surface area (TPSA) is 30.2 Å². The van der Waals surface area contributed by atoms with Gasteiger partial charge in [-0.05, 0) is 41.9 Å². The summed E-state index contributed by atoms with van der Waals surface area (Å²) in [5.41, 5.74) is 0.292. The first-order chi connectivity index (χ1) is 7.58. The van der Waals surface area contributed by atoms with Crippen molar-refractivity contribution in [3.05, 3.63) is 56.9 Å². The number of halogens is 3. The van der Waals surface area contributed by atoms with Crippen LogP contribution in [-0.2, 0) is 0 Å². The van der Waals surface area contributed by atoms with E-state index < -0.39 is 0 Å². The molecule has 0 radical (unpaired) electrons. The molecule has 2 aromatic rings. The molecular weight excluding hydrogens is 270 g/mol. The summed E-state index contributed by atoms with van der Waals surface area (Å²) in [6.07, 6.45) is 0. The van der Waals surface area contributed by atoms with Crippen molar-refractivity contribution in [2.45, 2.75) is 0 Å². The first-order valence-electron chi connectivity index (χ1n) is 4.33. The Morgan fingerprint density at radius 3 is 2.44 bits per heavy atom. The Labute approximate surface area is 107 Å². The molecule has 0 saturated carbocycles. The standard InChI is InChI=1S/C11H5Cl3O2/c12-6-1-2-8(13)7(5-6)11(15)9-3-4-10(14)16-9/h1-5H. The summed E-state index contributed by atoms with van der Waals surface area (Å²) in [5.74, 6) is -0.214. The molecule has 2 rings (SSSR count). The van der Waals surface area contributed by atoms with Gasteiger partial charge in [0.2, 0.25) is 5.78 Å². The van der Waals surface area contributed by atoms with E-state index in [1.807, 2.05) is 0 Å². The highest BCUT2D eigenvalue weighted by atomic mass is 35.5. The highest BCUT2D eigenvalue weighted by Crippen LogP contribution is 2.24. The van der Waals surface area contributed by atoms with Crippen molar-refractivity contribution in [3.63, 3.8) is 0 Å². The van der Waals surface area contributed by atoms with Gasteiger partial charge in [0.05, 0.1) is 5.02 Å². The molecule has 0 aliphatic rings. The first kappa shape index (κ1) is 11.5. The molecule has 0 bridgehead atoms. The summed E-state index contributed by atoms with van der Waals surface area (Å²) >= 11 is 17.3. The molecule has 0 aliphatic heterocycles. The molecule has 0 unspecified atom stereocenters. The van der Waals surface area contributed by atoms with Crippen molar-refractivity contribution in [1.29, 1.82) is 0 Å². The van der Waals surface area contributed by atoms with Gasteiger partial charge in [-0.3, -0.25) is 4.79 Å². The van der Waals surface area contributed by atoms with Crippen molar-refractivity contribution in [2.24, 2.45) is 0 Å². The lowest BCUT2D eigenvalue weighted by atomic mass is 10.1. The Balaban J connectivity index is 2.45. The van der Waals surface area contributed by atoms with Gasteiger partial charge in [-0.2, -0.15) is 0 Å². The van der Waals surface area contributed by atoms with E-state index in [4.69, 9.17) is 39.2 Å². The molecule has 82 valence electrons. The van der Waals surface area contributed by atoms with Crippen LogP contribution in [-0.4, -0.2) is 5.78 Å². The highest BCUT2D eigenvalue weighted by molar-refractivity contribution is 6.36. The third-order valence-corrected chi connectivity index (χ3v) is 2.74. The van der Waals surface area contributed by atoms with Crippen LogP contribution in [0.1, 0.15) is 16.1 Å². The van der Waals surface area contributed by atoms with Gasteiger partial charge in [-0.1, -0.05) is 23.2 Å². The molecule has 1 aromatic carbocycles. The predicted molar refractivity (Wildman–Crippen MR) is 63.6 cm³/mol. The number of carbonyl (C=O) groups is 1. The van der Waals surface area contributed by atoms with E-state index in [0.717, 1.165) is 0 Å². The van der Waals surface area contributed by atoms with Crippen LogP contribution in [0, 0.1) is 0 Å². The summed E-state index contributed by atoms with van der Waals surface area (Å²) in [4.78, 5) is 11.9. The summed E-state index contributed by atoms with van der Waals surface area (Å²) in [7, 11) is 0. The van der Waals surface area contributed by atoms with E-state index in [-0.39, 0.29) is 16.8 Å². The maximum absolute atomic E-state index is 11.9. The second-order valence-corrected chi connectivity index (χ2v) is 4.27. The van der Waals surface area contributed by atoms with Gasteiger partial charge in [0.15, 0.2) is 11.0 Å². The second-order valence-electron chi connectivity index (χ2n) is 3.06. The van der Waals surface area contributed by atoms with Crippen LogP contribution in [0.5, 0.6) is 0 Å². The number of ketones is 1. The van der Waals surface area contributed by atoms with Gasteiger partial charge in [-0.15, -0.1) is 0 Å². The Morgan fingerprint density at radius 2 is 1.81 bits per heavy atom. The maximum Gasteiger partial charge on any atom is 0.229 e. The van der Waals surface area contributed by atoms with Crippen molar-refractivity contribution in [1.82, 2.24) is 0 Å². The fourth-order valence-corrected chi connectivity index (χ4v) is 1.76. The average molecular weight is 276 g/mol. The fraction of sp³-hybridized carbons (Fsp3) is 0. The molecule has 0 atom stereocenters. The van der Waals surface area contributed by atoms with E-state index in [1.54, 1.807) is 12.1 Å². The molecule has 5 heteroatoms. The number of hydrogen-bond donors (Lipinski definition) is 0. The summed E-state index contributed by atoms with van der Waals surface area (Å²) in [5, 5.41) is 0.911. The maximum atomic E-state index is 11.9. The van der Waals surface area contributed by atoms with Crippen molar-refractivity contribution < 1.29 is 9.21 Å². The van der Waals surface area contributed by atoms with Crippen molar-refractivity contribution in [3.8, 4) is 0 Å². The van der Waals surface area contributed by atoms with E-state index in [9.17, 15) is 4.79 Å². The lowest BCUT2D eigenvalue weighted by Gasteiger charge is -2.01. The van der Waals surface area contributed by atoms with E-state index in [1.165, 1.54) is 18.2 Å². The van der Waals surface area contributed by atoms with E-state index in [2.05, 4.69) is 0 Å². The number of furan rings is 1. The van der Waals surface area contributed by atoms with Crippen LogP contribution in [0.3, 0.4) is 0 Å². The van der Waals surface area contributed by atoms with Crippen molar-refractivity contribution in [2.75, 3.05) is 0 Å². The van der Waals surface area contributed by atoms with Gasteiger partial charge < -0.3 is 4.42 Å². The highest BCUT2D eigenvalue weighted by Gasteiger charge is 2.16. The zero-order chi connectivity index (χ0) is 11.7. The summed E-state index contributed by atoms with van der Waals surface area (Å²) in [6, 6.07) is 7.63. The molecule has 2 nitrogen and oxygen atoms in total. The minimum Gasteiger partial charge on any atom is -0.441 e. The van der Waals surface area contributed by atoms with Gasteiger partial charge in [0, 0.05) is 10.6 Å². The first-order valence-corrected chi connectivity index (χ1v) is 5.46. The molecule has 1 heterocycles. The van der Waals surface area contributed by atoms with Crippen LogP contribution in [0.15, 0.2) is 34.7 Å². The Kier molecular flexibility index (Phi) is 3.24. The molecule has 16 heavy (non-hydrogen) atoms. The lowest BCUT2D eigenvalue weighted by Crippen LogP contribution is -2.00. The second kappa shape index (κ2) is 4.50. The minimum atomic E-state index is -0.348. The van der Waals surface area contributed by atoms with Crippen LogP contribution >= 0.6 is 34.8 Å². The SMILES string of the molecule is O=C(c1ccc(Cl)o1)c1cc(Cl)ccc1Cl. The quantitative estimate of drug-likeness (QED) is 0.757. The third-order valence-electron chi connectivity index (χ3n) is 1.97. The van der Waals surface area contributed by atoms with Gasteiger partial charge in [-0.25, -0.2) is 0 Å². The van der Waals surface area contributed by atoms with Crippen LogP contribution in [0.4, 0.5) is 0 Å². The normalized spacial score (nSPS) is 10.4. The molecule has 0 saturated heterocycles. The zero-order valence-corrected chi connectivity index (χ0v) is 10.1. The molecule has 0 aliphatic carbocycles. The number of rotatable bonds is 2. The van der Waals surface area contributed by atoms with Crippen LogP contribution in [0.2, 0.25) is 15.3 Å². The Bertz CT molecular complexity index is 546. The van der Waals surface area contributed by atoms with E-state index >= 15 is 0 Å². The molecule has 0 spiro atoms. The smallest absolute Gasteiger partial charge is 0.229 e. The Hall–Kier alpha value is -0.960. The minimum absolute atomic E-state index is 0.133. The van der Waals surface area contributed by atoms with Gasteiger partial charge in [0.25, 0.3) is 0 Å². The average Bonchev–Trinajstić information content (AvgIpc) is 2.67. The van der Waals surface area contributed by atoms with Crippen molar-refractivity contribution >= 4 is 40.6 Å². The number of carbonyl (C=O) groups excluding carboxylic acids is 1. The fourth-order valence-electron chi connectivity index (χ4n) is 1.24. The van der Waals surface area contributed by atoms with Gasteiger partial charge in [0.1, 0.15) is 0 Å². The lowest BCUT2D eigenvalue weighted by molar-refractivity contribution is 0.101. The van der Waals surface area contributed by atoms with Crippen LogP contribution < -0.4 is 0 Å². The summed E-state index contributed by atoms with van der Waals surface area (Å²) in [6.45, 7) is 0. The number of hydrogen-bond acceptors (Lipinski definition) is 2. The molecule has 1 aromatic heterocycles. The molecular formula is C11H5Cl3O2. The van der Waals surface area contributed by atoms with Gasteiger partial charge >= 0.3 is 0 Å². The number of benzene rings is 1. The zero-order valence-electron chi connectivity index (χ0n) is 7.84.